The van der Waals surface area contributed by atoms with E-state index < -0.39 is 0 Å². The summed E-state index contributed by atoms with van der Waals surface area (Å²) in [6, 6.07) is 0.316. The summed E-state index contributed by atoms with van der Waals surface area (Å²) in [6.45, 7) is 4.01. The Labute approximate surface area is 100 Å². The summed E-state index contributed by atoms with van der Waals surface area (Å²) in [4.78, 5) is 0. The zero-order valence-electron chi connectivity index (χ0n) is 9.74. The molecular formula is C9H21N8+. The molecule has 4 heterocycles. The van der Waals surface area contributed by atoms with Crippen LogP contribution in [0.3, 0.4) is 0 Å². The quantitative estimate of drug-likeness (QED) is 0.228. The summed E-state index contributed by atoms with van der Waals surface area (Å²) in [5, 5.41) is 17.7. The summed E-state index contributed by atoms with van der Waals surface area (Å²) in [7, 11) is 0. The van der Waals surface area contributed by atoms with Gasteiger partial charge in [-0.25, -0.2) is 0 Å². The lowest BCUT2D eigenvalue weighted by Crippen LogP contribution is -3.25. The molecule has 0 bridgehead atoms. The number of hydrogen-bond donors (Lipinski definition) is 7. The molecule has 8 nitrogen and oxygen atoms in total. The molecule has 4 aliphatic rings. The van der Waals surface area contributed by atoms with E-state index in [0.717, 1.165) is 26.2 Å². The van der Waals surface area contributed by atoms with Gasteiger partial charge in [-0.05, 0) is 0 Å². The lowest BCUT2D eigenvalue weighted by molar-refractivity contribution is -1.05. The maximum Gasteiger partial charge on any atom is 0.193 e. The first kappa shape index (κ1) is 10.6. The number of rotatable bonds is 0. The van der Waals surface area contributed by atoms with Crippen molar-refractivity contribution in [1.82, 2.24) is 31.7 Å². The molecule has 0 aromatic heterocycles. The number of quaternary nitrogens is 1. The van der Waals surface area contributed by atoms with Gasteiger partial charge < -0.3 is 5.32 Å². The molecule has 0 aliphatic carbocycles. The Bertz CT molecular complexity index is 311. The van der Waals surface area contributed by atoms with Crippen molar-refractivity contribution in [2.75, 3.05) is 26.2 Å². The molecule has 0 aromatic rings. The minimum atomic E-state index is 0.0574. The van der Waals surface area contributed by atoms with Crippen LogP contribution in [0.2, 0.25) is 0 Å². The smallest absolute Gasteiger partial charge is 0.193 e. The van der Waals surface area contributed by atoms with Crippen molar-refractivity contribution in [3.8, 4) is 0 Å². The van der Waals surface area contributed by atoms with Crippen LogP contribution in [0.5, 0.6) is 0 Å². The number of nitrogens with two attached hydrogens (primary N) is 1. The number of piperazine rings is 2. The molecule has 0 radical (unpaired) electrons. The van der Waals surface area contributed by atoms with Crippen molar-refractivity contribution >= 4 is 0 Å². The molecule has 0 saturated carbocycles. The Morgan fingerprint density at radius 1 is 0.941 bits per heavy atom. The van der Waals surface area contributed by atoms with E-state index in [4.69, 9.17) is 5.73 Å². The van der Waals surface area contributed by atoms with Gasteiger partial charge in [0.05, 0.1) is 0 Å². The molecular weight excluding hydrogens is 220 g/mol. The van der Waals surface area contributed by atoms with E-state index in [0.29, 0.717) is 18.4 Å². The fourth-order valence-corrected chi connectivity index (χ4v) is 3.50. The Hall–Kier alpha value is -0.320. The number of hydrogen-bond acceptors (Lipinski definition) is 7. The van der Waals surface area contributed by atoms with Gasteiger partial charge >= 0.3 is 0 Å². The van der Waals surface area contributed by atoms with Crippen LogP contribution in [0.15, 0.2) is 0 Å². The second kappa shape index (κ2) is 3.84. The fourth-order valence-electron chi connectivity index (χ4n) is 3.50. The zero-order chi connectivity index (χ0) is 11.4. The van der Waals surface area contributed by atoms with Crippen LogP contribution in [-0.4, -0.2) is 61.9 Å². The van der Waals surface area contributed by atoms with E-state index in [1.807, 2.05) is 0 Å². The van der Waals surface area contributed by atoms with Crippen LogP contribution in [0, 0.1) is 0 Å². The molecule has 4 aliphatic heterocycles. The van der Waals surface area contributed by atoms with Gasteiger partial charge in [0.1, 0.15) is 24.5 Å². The van der Waals surface area contributed by atoms with Crippen LogP contribution in [0.4, 0.5) is 0 Å². The van der Waals surface area contributed by atoms with Crippen molar-refractivity contribution < 1.29 is 5.12 Å². The van der Waals surface area contributed by atoms with Crippen LogP contribution in [0.25, 0.3) is 0 Å². The topological polar surface area (TPSA) is 93.8 Å². The van der Waals surface area contributed by atoms with E-state index >= 15 is 0 Å². The van der Waals surface area contributed by atoms with Gasteiger partial charge in [-0.1, -0.05) is 5.01 Å². The average Bonchev–Trinajstić information content (AvgIpc) is 2.88. The van der Waals surface area contributed by atoms with Crippen LogP contribution < -0.4 is 37.5 Å². The third-order valence-electron chi connectivity index (χ3n) is 4.24. The largest absolute Gasteiger partial charge is 0.303 e. The summed E-state index contributed by atoms with van der Waals surface area (Å²) >= 11 is 0. The second-order valence-corrected chi connectivity index (χ2v) is 5.17. The van der Waals surface area contributed by atoms with E-state index in [-0.39, 0.29) is 12.3 Å². The highest BCUT2D eigenvalue weighted by Crippen LogP contribution is 2.16. The Morgan fingerprint density at radius 3 is 2.53 bits per heavy atom. The first-order valence-corrected chi connectivity index (χ1v) is 6.47. The van der Waals surface area contributed by atoms with E-state index in [9.17, 15) is 0 Å². The van der Waals surface area contributed by atoms with Gasteiger partial charge in [0.2, 0.25) is 0 Å². The molecule has 17 heavy (non-hydrogen) atoms. The van der Waals surface area contributed by atoms with E-state index in [1.54, 1.807) is 0 Å². The predicted molar refractivity (Wildman–Crippen MR) is 61.1 cm³/mol. The van der Waals surface area contributed by atoms with Gasteiger partial charge in [0.25, 0.3) is 0 Å². The van der Waals surface area contributed by atoms with Crippen molar-refractivity contribution in [2.24, 2.45) is 5.73 Å². The van der Waals surface area contributed by atoms with Crippen molar-refractivity contribution in [2.45, 2.75) is 30.7 Å². The molecule has 8 heteroatoms. The highest BCUT2D eigenvalue weighted by Gasteiger charge is 2.60. The molecule has 4 fully saturated rings. The van der Waals surface area contributed by atoms with Crippen molar-refractivity contribution in [3.63, 3.8) is 0 Å². The van der Waals surface area contributed by atoms with E-state index in [1.165, 1.54) is 5.12 Å². The van der Waals surface area contributed by atoms with Gasteiger partial charge in [0, 0.05) is 26.2 Å². The van der Waals surface area contributed by atoms with Gasteiger partial charge in [0.15, 0.2) is 6.17 Å². The molecule has 6 atom stereocenters. The molecule has 4 rings (SSSR count). The van der Waals surface area contributed by atoms with Crippen molar-refractivity contribution in [1.29, 1.82) is 0 Å². The SMILES string of the molecule is NC1C2NCCNC2N2C3NCCNC3N[NH+]12. The minimum Gasteiger partial charge on any atom is -0.303 e. The molecule has 0 amide bonds. The highest BCUT2D eigenvalue weighted by molar-refractivity contribution is 4.97. The maximum absolute atomic E-state index is 6.33. The summed E-state index contributed by atoms with van der Waals surface area (Å²) in [5.74, 6) is 0. The average molecular weight is 241 g/mol. The highest BCUT2D eigenvalue weighted by atomic mass is 15.9. The minimum absolute atomic E-state index is 0.0574. The molecule has 96 valence electrons. The van der Waals surface area contributed by atoms with Crippen LogP contribution in [-0.2, 0) is 0 Å². The zero-order valence-corrected chi connectivity index (χ0v) is 9.74. The maximum atomic E-state index is 6.33. The number of fused-ring (bicyclic) bond motifs is 5. The number of nitrogens with zero attached hydrogens (tertiary/aromatic N) is 1. The molecule has 0 spiro atoms. The first-order chi connectivity index (χ1) is 8.36. The molecule has 0 aromatic carbocycles. The van der Waals surface area contributed by atoms with Gasteiger partial charge in [-0.2, -0.15) is 5.12 Å². The molecule has 8 N–H and O–H groups in total. The Balaban J connectivity index is 1.63. The lowest BCUT2D eigenvalue weighted by Gasteiger charge is -2.34. The monoisotopic (exact) mass is 241 g/mol. The second-order valence-electron chi connectivity index (χ2n) is 5.17. The standard InChI is InChI=1S/C9H20N8/c10-6-5-8(13-3-1-11-5)16-9-7(15-17(6)16)12-2-4-14-9/h5-9,11-15H,1-4,10H2/p+1. The predicted octanol–water partition coefficient (Wildman–Crippen LogP) is -5.36. The van der Waals surface area contributed by atoms with Crippen LogP contribution >= 0.6 is 0 Å². The third kappa shape index (κ3) is 1.41. The van der Waals surface area contributed by atoms with Gasteiger partial charge in [-0.15, -0.1) is 5.43 Å². The lowest BCUT2D eigenvalue weighted by atomic mass is 10.1. The van der Waals surface area contributed by atoms with Crippen LogP contribution in [0.1, 0.15) is 0 Å². The molecule has 6 unspecified atom stereocenters. The van der Waals surface area contributed by atoms with Crippen molar-refractivity contribution in [3.05, 3.63) is 0 Å². The summed E-state index contributed by atoms with van der Waals surface area (Å²) < 4.78 is 0. The summed E-state index contributed by atoms with van der Waals surface area (Å²) in [6.07, 6.45) is 0.965. The normalized spacial score (nSPS) is 54.2. The Kier molecular flexibility index (Phi) is 2.39. The third-order valence-corrected chi connectivity index (χ3v) is 4.24. The van der Waals surface area contributed by atoms with Gasteiger partial charge in [-0.3, -0.25) is 21.7 Å². The summed E-state index contributed by atoms with van der Waals surface area (Å²) in [5.41, 5.74) is 9.85. The van der Waals surface area contributed by atoms with E-state index in [2.05, 4.69) is 31.7 Å². The Morgan fingerprint density at radius 2 is 1.65 bits per heavy atom. The first-order valence-electron chi connectivity index (χ1n) is 6.47. The fraction of sp³-hybridized carbons (Fsp3) is 1.00. The number of nitrogens with one attached hydrogen (secondary N) is 6. The molecule has 4 saturated heterocycles.